The molecule has 0 saturated heterocycles. The van der Waals surface area contributed by atoms with E-state index in [0.29, 0.717) is 0 Å². The van der Waals surface area contributed by atoms with Crippen molar-refractivity contribution in [2.45, 2.75) is 39.7 Å². The van der Waals surface area contributed by atoms with E-state index in [-0.39, 0.29) is 6.04 Å². The predicted octanol–water partition coefficient (Wildman–Crippen LogP) is 3.37. The van der Waals surface area contributed by atoms with Crippen LogP contribution in [0.1, 0.15) is 30.3 Å². The smallest absolute Gasteiger partial charge is 0.0455 e. The second-order valence-electron chi connectivity index (χ2n) is 4.94. The molecule has 0 aliphatic rings. The molecule has 1 unspecified atom stereocenters. The molecule has 0 spiro atoms. The molecule has 1 aromatic heterocycles. The Bertz CT molecular complexity index is 511. The van der Waals surface area contributed by atoms with Gasteiger partial charge in [0, 0.05) is 23.1 Å². The zero-order valence-electron chi connectivity index (χ0n) is 11.5. The highest BCUT2D eigenvalue weighted by Gasteiger charge is 2.12. The minimum Gasteiger partial charge on any atom is -0.327 e. The summed E-state index contributed by atoms with van der Waals surface area (Å²) >= 11 is 0. The molecule has 2 nitrogen and oxygen atoms in total. The van der Waals surface area contributed by atoms with Crippen LogP contribution in [0.2, 0.25) is 0 Å². The van der Waals surface area contributed by atoms with Crippen molar-refractivity contribution in [3.05, 3.63) is 53.3 Å². The minimum atomic E-state index is 0.259. The third-order valence-electron chi connectivity index (χ3n) is 3.56. The molecule has 0 radical (unpaired) electrons. The third kappa shape index (κ3) is 2.49. The van der Waals surface area contributed by atoms with Gasteiger partial charge in [-0.2, -0.15) is 0 Å². The molecule has 0 aliphatic carbocycles. The highest BCUT2D eigenvalue weighted by molar-refractivity contribution is 5.41. The Hall–Kier alpha value is -1.54. The quantitative estimate of drug-likeness (QED) is 0.875. The first-order valence-electron chi connectivity index (χ1n) is 6.62. The van der Waals surface area contributed by atoms with Gasteiger partial charge in [0.25, 0.3) is 0 Å². The number of rotatable bonds is 4. The number of hydrogen-bond acceptors (Lipinski definition) is 1. The Morgan fingerprint density at radius 3 is 2.44 bits per heavy atom. The van der Waals surface area contributed by atoms with Crippen LogP contribution in [-0.2, 0) is 6.42 Å². The molecule has 18 heavy (non-hydrogen) atoms. The first-order chi connectivity index (χ1) is 8.63. The maximum atomic E-state index is 6.06. The largest absolute Gasteiger partial charge is 0.327 e. The molecular weight excluding hydrogens is 220 g/mol. The SMILES string of the molecule is CCC(N)Cc1cc(C)n(-c2ccccc2)c1C. The zero-order valence-corrected chi connectivity index (χ0v) is 11.5. The molecular formula is C16H22N2. The van der Waals surface area contributed by atoms with E-state index < -0.39 is 0 Å². The molecule has 1 heterocycles. The van der Waals surface area contributed by atoms with Gasteiger partial charge in [-0.25, -0.2) is 0 Å². The molecule has 0 saturated carbocycles. The van der Waals surface area contributed by atoms with E-state index in [1.165, 1.54) is 22.6 Å². The van der Waals surface area contributed by atoms with Crippen molar-refractivity contribution in [3.63, 3.8) is 0 Å². The monoisotopic (exact) mass is 242 g/mol. The summed E-state index contributed by atoms with van der Waals surface area (Å²) in [6.07, 6.45) is 1.98. The van der Waals surface area contributed by atoms with Gasteiger partial charge in [0.05, 0.1) is 0 Å². The molecule has 0 bridgehead atoms. The summed E-state index contributed by atoms with van der Waals surface area (Å²) in [5.74, 6) is 0. The molecule has 0 aliphatic heterocycles. The number of para-hydroxylation sites is 1. The van der Waals surface area contributed by atoms with Crippen LogP contribution in [0.3, 0.4) is 0 Å². The van der Waals surface area contributed by atoms with Gasteiger partial charge < -0.3 is 10.3 Å². The van der Waals surface area contributed by atoms with Gasteiger partial charge in [0.15, 0.2) is 0 Å². The molecule has 0 fully saturated rings. The average Bonchev–Trinajstić information content (AvgIpc) is 2.65. The van der Waals surface area contributed by atoms with Gasteiger partial charge in [0.2, 0.25) is 0 Å². The predicted molar refractivity (Wildman–Crippen MR) is 77.2 cm³/mol. The number of aryl methyl sites for hydroxylation is 1. The molecule has 1 aromatic carbocycles. The second-order valence-corrected chi connectivity index (χ2v) is 4.94. The second kappa shape index (κ2) is 5.40. The Balaban J connectivity index is 2.38. The van der Waals surface area contributed by atoms with E-state index in [1.807, 2.05) is 6.07 Å². The van der Waals surface area contributed by atoms with Crippen molar-refractivity contribution in [2.75, 3.05) is 0 Å². The number of nitrogens with two attached hydrogens (primary N) is 1. The van der Waals surface area contributed by atoms with Crippen molar-refractivity contribution in [2.24, 2.45) is 5.73 Å². The molecule has 1 atom stereocenters. The molecule has 96 valence electrons. The van der Waals surface area contributed by atoms with Crippen molar-refractivity contribution >= 4 is 0 Å². The van der Waals surface area contributed by atoms with Gasteiger partial charge in [0.1, 0.15) is 0 Å². The highest BCUT2D eigenvalue weighted by atomic mass is 15.0. The van der Waals surface area contributed by atoms with Gasteiger partial charge in [-0.05, 0) is 50.5 Å². The number of nitrogens with zero attached hydrogens (tertiary/aromatic N) is 1. The molecule has 2 heteroatoms. The van der Waals surface area contributed by atoms with Crippen LogP contribution in [-0.4, -0.2) is 10.6 Å². The fourth-order valence-corrected chi connectivity index (χ4v) is 2.44. The van der Waals surface area contributed by atoms with Crippen LogP contribution in [0, 0.1) is 13.8 Å². The lowest BCUT2D eigenvalue weighted by atomic mass is 10.1. The summed E-state index contributed by atoms with van der Waals surface area (Å²) in [5, 5.41) is 0. The highest BCUT2D eigenvalue weighted by Crippen LogP contribution is 2.21. The van der Waals surface area contributed by atoms with Gasteiger partial charge in [-0.3, -0.25) is 0 Å². The Labute approximate surface area is 109 Å². The molecule has 2 rings (SSSR count). The van der Waals surface area contributed by atoms with E-state index >= 15 is 0 Å². The van der Waals surface area contributed by atoms with E-state index in [0.717, 1.165) is 12.8 Å². The zero-order chi connectivity index (χ0) is 13.1. The number of aromatic nitrogens is 1. The number of hydrogen-bond donors (Lipinski definition) is 1. The summed E-state index contributed by atoms with van der Waals surface area (Å²) < 4.78 is 2.30. The summed E-state index contributed by atoms with van der Waals surface area (Å²) in [5.41, 5.74) is 11.2. The molecule has 0 amide bonds. The van der Waals surface area contributed by atoms with Crippen LogP contribution in [0.4, 0.5) is 0 Å². The van der Waals surface area contributed by atoms with Crippen molar-refractivity contribution in [1.82, 2.24) is 4.57 Å². The van der Waals surface area contributed by atoms with Crippen LogP contribution >= 0.6 is 0 Å². The van der Waals surface area contributed by atoms with Crippen LogP contribution < -0.4 is 5.73 Å². The van der Waals surface area contributed by atoms with Gasteiger partial charge in [-0.15, -0.1) is 0 Å². The summed E-state index contributed by atoms with van der Waals surface area (Å²) in [7, 11) is 0. The standard InChI is InChI=1S/C16H22N2/c1-4-15(17)11-14-10-12(2)18(13(14)3)16-8-6-5-7-9-16/h5-10,15H,4,11,17H2,1-3H3. The van der Waals surface area contributed by atoms with Crippen LogP contribution in [0.25, 0.3) is 5.69 Å². The fraction of sp³-hybridized carbons (Fsp3) is 0.375. The van der Waals surface area contributed by atoms with Crippen molar-refractivity contribution in [3.8, 4) is 5.69 Å². The summed E-state index contributed by atoms with van der Waals surface area (Å²) in [6.45, 7) is 6.47. The molecule has 2 aromatic rings. The lowest BCUT2D eigenvalue weighted by Gasteiger charge is -2.11. The van der Waals surface area contributed by atoms with E-state index in [1.54, 1.807) is 0 Å². The first-order valence-corrected chi connectivity index (χ1v) is 6.62. The van der Waals surface area contributed by atoms with E-state index in [4.69, 9.17) is 5.73 Å². The Kier molecular flexibility index (Phi) is 3.87. The summed E-state index contributed by atoms with van der Waals surface area (Å²) in [4.78, 5) is 0. The maximum Gasteiger partial charge on any atom is 0.0455 e. The lowest BCUT2D eigenvalue weighted by Crippen LogP contribution is -2.21. The topological polar surface area (TPSA) is 30.9 Å². The number of benzene rings is 1. The van der Waals surface area contributed by atoms with Crippen LogP contribution in [0.15, 0.2) is 36.4 Å². The fourth-order valence-electron chi connectivity index (χ4n) is 2.44. The van der Waals surface area contributed by atoms with Gasteiger partial charge in [-0.1, -0.05) is 25.1 Å². The van der Waals surface area contributed by atoms with Crippen molar-refractivity contribution < 1.29 is 0 Å². The van der Waals surface area contributed by atoms with Crippen LogP contribution in [0.5, 0.6) is 0 Å². The normalized spacial score (nSPS) is 12.7. The Morgan fingerprint density at radius 2 is 1.83 bits per heavy atom. The maximum absolute atomic E-state index is 6.06. The average molecular weight is 242 g/mol. The molecule has 2 N–H and O–H groups in total. The summed E-state index contributed by atoms with van der Waals surface area (Å²) in [6, 6.07) is 13.0. The lowest BCUT2D eigenvalue weighted by molar-refractivity contribution is 0.644. The van der Waals surface area contributed by atoms with Crippen molar-refractivity contribution in [1.29, 1.82) is 0 Å². The van der Waals surface area contributed by atoms with E-state index in [2.05, 4.69) is 55.7 Å². The first kappa shape index (κ1) is 12.9. The van der Waals surface area contributed by atoms with Gasteiger partial charge >= 0.3 is 0 Å². The minimum absolute atomic E-state index is 0.259. The Morgan fingerprint density at radius 1 is 1.17 bits per heavy atom. The van der Waals surface area contributed by atoms with E-state index in [9.17, 15) is 0 Å². The third-order valence-corrected chi connectivity index (χ3v) is 3.56.